The van der Waals surface area contributed by atoms with E-state index in [2.05, 4.69) is 19.1 Å². The highest BCUT2D eigenvalue weighted by Gasteiger charge is 2.66. The molecule has 1 aromatic carbocycles. The zero-order chi connectivity index (χ0) is 23.4. The number of allylic oxidation sites excluding steroid dienone is 1. The molecule has 4 aliphatic rings. The number of ketones is 1. The lowest BCUT2D eigenvalue weighted by Crippen LogP contribution is -2.56. The largest absolute Gasteiger partial charge is 0.444 e. The number of fused-ring (bicyclic) bond motifs is 2. The van der Waals surface area contributed by atoms with Crippen molar-refractivity contribution >= 4 is 17.4 Å². The summed E-state index contributed by atoms with van der Waals surface area (Å²) in [4.78, 5) is 30.0. The maximum absolute atomic E-state index is 14.5. The molecule has 0 fully saturated rings. The Kier molecular flexibility index (Phi) is 3.93. The van der Waals surface area contributed by atoms with Crippen LogP contribution in [0.4, 0.5) is 5.69 Å². The highest BCUT2D eigenvalue weighted by Crippen LogP contribution is 2.62. The number of carbonyl (C=O) groups is 2. The molecule has 2 N–H and O–H groups in total. The van der Waals surface area contributed by atoms with Gasteiger partial charge in [-0.05, 0) is 44.1 Å². The number of anilines is 1. The lowest BCUT2D eigenvalue weighted by Gasteiger charge is -2.45. The molecule has 0 radical (unpaired) electrons. The molecule has 32 heavy (non-hydrogen) atoms. The van der Waals surface area contributed by atoms with Crippen molar-refractivity contribution in [3.8, 4) is 6.07 Å². The summed E-state index contributed by atoms with van der Waals surface area (Å²) in [6.07, 6.45) is 1.56. The minimum atomic E-state index is -1.54. The monoisotopic (exact) mass is 431 g/mol. The Bertz CT molecular complexity index is 1230. The molecule has 2 atom stereocenters. The number of aryl methyl sites for hydroxylation is 1. The summed E-state index contributed by atoms with van der Waals surface area (Å²) in [6, 6.07) is 6.25. The molecule has 6 heteroatoms. The van der Waals surface area contributed by atoms with Gasteiger partial charge in [0, 0.05) is 23.9 Å². The van der Waals surface area contributed by atoms with Crippen LogP contribution in [0.2, 0.25) is 0 Å². The SMILES string of the molecule is Cc1cc2c3c(c1)[C@]1(C(=O)N3C(C)(C)C[C@@H]2C)C(C#N)=C(N)OC2=C1C(=O)CC(C)(C)C2. The molecular formula is C26H29N3O3. The molecule has 166 valence electrons. The third-order valence-corrected chi connectivity index (χ3v) is 7.55. The van der Waals surface area contributed by atoms with Crippen molar-refractivity contribution in [2.45, 2.75) is 77.7 Å². The number of nitrogens with zero attached hydrogens (tertiary/aromatic N) is 2. The van der Waals surface area contributed by atoms with Crippen molar-refractivity contribution < 1.29 is 14.3 Å². The average molecular weight is 432 g/mol. The Labute approximate surface area is 188 Å². The molecule has 0 bridgehead atoms. The van der Waals surface area contributed by atoms with Crippen molar-refractivity contribution in [1.82, 2.24) is 0 Å². The molecule has 1 amide bonds. The van der Waals surface area contributed by atoms with Crippen molar-refractivity contribution in [2.24, 2.45) is 11.1 Å². The number of Topliss-reactive ketones (excluding diaryl/α,β-unsaturated/α-hetero) is 1. The van der Waals surface area contributed by atoms with Crippen molar-refractivity contribution in [3.05, 3.63) is 51.6 Å². The molecule has 0 saturated carbocycles. The Balaban J connectivity index is 1.94. The van der Waals surface area contributed by atoms with Crippen LogP contribution in [0.5, 0.6) is 0 Å². The third kappa shape index (κ3) is 2.34. The van der Waals surface area contributed by atoms with Crippen LogP contribution in [0.1, 0.15) is 76.5 Å². The predicted molar refractivity (Wildman–Crippen MR) is 120 cm³/mol. The number of ether oxygens (including phenoxy) is 1. The molecule has 5 rings (SSSR count). The van der Waals surface area contributed by atoms with Crippen LogP contribution in [-0.2, 0) is 19.7 Å². The standard InChI is InChI=1S/C26H29N3O3/c1-13-7-15-14(2)9-25(5,6)29-21(15)16(8-13)26(23(29)31)17(12-27)22(28)32-19-11-24(3,4)10-18(30)20(19)26/h7-8,14H,9-11,28H2,1-6H3/t14-,26-/m0/s1. The number of rotatable bonds is 0. The fourth-order valence-corrected chi connectivity index (χ4v) is 6.52. The smallest absolute Gasteiger partial charge is 0.248 e. The van der Waals surface area contributed by atoms with Crippen LogP contribution in [0, 0.1) is 23.7 Å². The predicted octanol–water partition coefficient (Wildman–Crippen LogP) is 4.23. The zero-order valence-electron chi connectivity index (χ0n) is 19.5. The molecule has 6 nitrogen and oxygen atoms in total. The fraction of sp³-hybridized carbons (Fsp3) is 0.500. The fourth-order valence-electron chi connectivity index (χ4n) is 6.52. The summed E-state index contributed by atoms with van der Waals surface area (Å²) in [7, 11) is 0. The van der Waals surface area contributed by atoms with E-state index in [-0.39, 0.29) is 40.9 Å². The number of amides is 1. The number of hydrogen-bond acceptors (Lipinski definition) is 5. The average Bonchev–Trinajstić information content (AvgIpc) is 2.89. The van der Waals surface area contributed by atoms with Gasteiger partial charge in [0.2, 0.25) is 11.8 Å². The molecule has 3 heterocycles. The normalized spacial score (nSPS) is 29.7. The van der Waals surface area contributed by atoms with Gasteiger partial charge < -0.3 is 15.4 Å². The van der Waals surface area contributed by atoms with Gasteiger partial charge in [-0.3, -0.25) is 9.59 Å². The summed E-state index contributed by atoms with van der Waals surface area (Å²) in [5.41, 5.74) is 7.90. The first-order valence-corrected chi connectivity index (χ1v) is 11.2. The number of hydrogen-bond donors (Lipinski definition) is 1. The van der Waals surface area contributed by atoms with E-state index in [1.54, 1.807) is 0 Å². The first-order chi connectivity index (χ1) is 14.8. The zero-order valence-corrected chi connectivity index (χ0v) is 19.5. The molecule has 1 aliphatic carbocycles. The minimum Gasteiger partial charge on any atom is -0.444 e. The quantitative estimate of drug-likeness (QED) is 0.663. The lowest BCUT2D eigenvalue weighted by atomic mass is 9.62. The highest BCUT2D eigenvalue weighted by molar-refractivity contribution is 6.21. The van der Waals surface area contributed by atoms with Gasteiger partial charge in [0.05, 0.1) is 11.3 Å². The van der Waals surface area contributed by atoms with E-state index < -0.39 is 11.0 Å². The van der Waals surface area contributed by atoms with Gasteiger partial charge in [0.25, 0.3) is 0 Å². The Morgan fingerprint density at radius 1 is 1.19 bits per heavy atom. The molecule has 0 saturated heterocycles. The van der Waals surface area contributed by atoms with E-state index in [9.17, 15) is 14.9 Å². The topological polar surface area (TPSA) is 96.4 Å². The van der Waals surface area contributed by atoms with Crippen molar-refractivity contribution in [2.75, 3.05) is 4.90 Å². The molecular weight excluding hydrogens is 402 g/mol. The molecule has 0 unspecified atom stereocenters. The number of benzene rings is 1. The highest BCUT2D eigenvalue weighted by atomic mass is 16.5. The van der Waals surface area contributed by atoms with Gasteiger partial charge in [0.1, 0.15) is 22.8 Å². The molecule has 0 aromatic heterocycles. The number of carbonyl (C=O) groups excluding carboxylic acids is 2. The van der Waals surface area contributed by atoms with Gasteiger partial charge in [-0.2, -0.15) is 5.26 Å². The molecule has 3 aliphatic heterocycles. The van der Waals surface area contributed by atoms with Crippen LogP contribution in [-0.4, -0.2) is 17.2 Å². The first-order valence-electron chi connectivity index (χ1n) is 11.2. The van der Waals surface area contributed by atoms with E-state index in [0.29, 0.717) is 23.3 Å². The minimum absolute atomic E-state index is 0.0277. The van der Waals surface area contributed by atoms with Gasteiger partial charge in [-0.25, -0.2) is 0 Å². The van der Waals surface area contributed by atoms with Gasteiger partial charge in [-0.1, -0.05) is 38.5 Å². The summed E-state index contributed by atoms with van der Waals surface area (Å²) in [6.45, 7) is 12.3. The van der Waals surface area contributed by atoms with E-state index in [0.717, 1.165) is 23.2 Å². The Hall–Kier alpha value is -3.07. The number of nitrogens with two attached hydrogens (primary N) is 1. The first kappa shape index (κ1) is 20.8. The van der Waals surface area contributed by atoms with Gasteiger partial charge in [-0.15, -0.1) is 0 Å². The second kappa shape index (κ2) is 6.04. The summed E-state index contributed by atoms with van der Waals surface area (Å²) in [5.74, 6) is 0.174. The van der Waals surface area contributed by atoms with Crippen LogP contribution >= 0.6 is 0 Å². The molecule has 1 spiro atoms. The maximum atomic E-state index is 14.5. The lowest BCUT2D eigenvalue weighted by molar-refractivity contribution is -0.126. The van der Waals surface area contributed by atoms with E-state index in [4.69, 9.17) is 10.5 Å². The number of nitriles is 1. The summed E-state index contributed by atoms with van der Waals surface area (Å²) >= 11 is 0. The Morgan fingerprint density at radius 3 is 2.53 bits per heavy atom. The van der Waals surface area contributed by atoms with Gasteiger partial charge >= 0.3 is 0 Å². The van der Waals surface area contributed by atoms with Gasteiger partial charge in [0.15, 0.2) is 5.78 Å². The van der Waals surface area contributed by atoms with Crippen LogP contribution < -0.4 is 10.6 Å². The third-order valence-electron chi connectivity index (χ3n) is 7.55. The van der Waals surface area contributed by atoms with E-state index in [1.807, 2.05) is 45.6 Å². The van der Waals surface area contributed by atoms with E-state index in [1.165, 1.54) is 0 Å². The maximum Gasteiger partial charge on any atom is 0.248 e. The van der Waals surface area contributed by atoms with Crippen LogP contribution in [0.15, 0.2) is 34.9 Å². The van der Waals surface area contributed by atoms with Crippen molar-refractivity contribution in [1.29, 1.82) is 5.26 Å². The second-order valence-electron chi connectivity index (χ2n) is 11.3. The van der Waals surface area contributed by atoms with Crippen molar-refractivity contribution in [3.63, 3.8) is 0 Å². The Morgan fingerprint density at radius 2 is 1.88 bits per heavy atom. The molecule has 1 aromatic rings. The summed E-state index contributed by atoms with van der Waals surface area (Å²) < 4.78 is 5.89. The van der Waals surface area contributed by atoms with Crippen LogP contribution in [0.25, 0.3) is 0 Å². The summed E-state index contributed by atoms with van der Waals surface area (Å²) in [5, 5.41) is 10.2. The van der Waals surface area contributed by atoms with Crippen LogP contribution in [0.3, 0.4) is 0 Å². The van der Waals surface area contributed by atoms with E-state index >= 15 is 0 Å². The second-order valence-corrected chi connectivity index (χ2v) is 11.3.